The van der Waals surface area contributed by atoms with Crippen LogP contribution in [0.25, 0.3) is 0 Å². The fourth-order valence-corrected chi connectivity index (χ4v) is 1.99. The smallest absolute Gasteiger partial charge is 0.224 e. The van der Waals surface area contributed by atoms with Gasteiger partial charge < -0.3 is 16.0 Å². The number of carbonyl (C=O) groups excluding carboxylic acids is 2. The number of carbonyl (C=O) groups is 2. The zero-order valence-electron chi connectivity index (χ0n) is 11.2. The number of anilines is 2. The van der Waals surface area contributed by atoms with E-state index in [2.05, 4.69) is 16.0 Å². The standard InChI is InChI=1S/C14H19N3O2/c1-9-3-4-12(16-10(2)18)6-13(9)17-14(19)5-11-7-15-8-11/h3-4,6,11,15H,5,7-8H2,1-2H3,(H,16,18)(H,17,19). The van der Waals surface area contributed by atoms with Crippen molar-refractivity contribution in [3.63, 3.8) is 0 Å². The van der Waals surface area contributed by atoms with E-state index in [9.17, 15) is 9.59 Å². The van der Waals surface area contributed by atoms with Gasteiger partial charge in [-0.05, 0) is 43.6 Å². The molecule has 1 aromatic rings. The summed E-state index contributed by atoms with van der Waals surface area (Å²) in [5.74, 6) is 0.343. The second kappa shape index (κ2) is 5.84. The highest BCUT2D eigenvalue weighted by molar-refractivity contribution is 5.94. The number of rotatable bonds is 4. The van der Waals surface area contributed by atoms with Crippen LogP contribution in [0.2, 0.25) is 0 Å². The van der Waals surface area contributed by atoms with Crippen LogP contribution in [0, 0.1) is 12.8 Å². The lowest BCUT2D eigenvalue weighted by Gasteiger charge is -2.26. The van der Waals surface area contributed by atoms with Crippen molar-refractivity contribution in [3.05, 3.63) is 23.8 Å². The van der Waals surface area contributed by atoms with Crippen LogP contribution in [0.3, 0.4) is 0 Å². The Morgan fingerprint density at radius 3 is 2.63 bits per heavy atom. The van der Waals surface area contributed by atoms with Crippen molar-refractivity contribution in [1.82, 2.24) is 5.32 Å². The Bertz CT molecular complexity index is 495. The fraction of sp³-hybridized carbons (Fsp3) is 0.429. The van der Waals surface area contributed by atoms with E-state index in [1.807, 2.05) is 19.1 Å². The molecule has 3 N–H and O–H groups in total. The van der Waals surface area contributed by atoms with E-state index in [1.165, 1.54) is 6.92 Å². The van der Waals surface area contributed by atoms with Crippen LogP contribution < -0.4 is 16.0 Å². The molecule has 0 bridgehead atoms. The molecule has 0 aliphatic carbocycles. The number of amides is 2. The highest BCUT2D eigenvalue weighted by atomic mass is 16.2. The zero-order chi connectivity index (χ0) is 13.8. The number of benzene rings is 1. The minimum atomic E-state index is -0.123. The van der Waals surface area contributed by atoms with E-state index in [-0.39, 0.29) is 11.8 Å². The van der Waals surface area contributed by atoms with Gasteiger partial charge in [-0.25, -0.2) is 0 Å². The van der Waals surface area contributed by atoms with Crippen molar-refractivity contribution >= 4 is 23.2 Å². The molecule has 1 aliphatic rings. The van der Waals surface area contributed by atoms with Crippen LogP contribution in [0.4, 0.5) is 11.4 Å². The van der Waals surface area contributed by atoms with Gasteiger partial charge in [0.2, 0.25) is 11.8 Å². The largest absolute Gasteiger partial charge is 0.326 e. The van der Waals surface area contributed by atoms with Crippen LogP contribution in [-0.2, 0) is 9.59 Å². The zero-order valence-corrected chi connectivity index (χ0v) is 11.2. The maximum atomic E-state index is 11.9. The molecule has 0 atom stereocenters. The Kier molecular flexibility index (Phi) is 4.16. The third kappa shape index (κ3) is 3.79. The van der Waals surface area contributed by atoms with Crippen molar-refractivity contribution in [3.8, 4) is 0 Å². The van der Waals surface area contributed by atoms with Crippen LogP contribution in [0.1, 0.15) is 18.9 Å². The van der Waals surface area contributed by atoms with Gasteiger partial charge in [-0.2, -0.15) is 0 Å². The summed E-state index contributed by atoms with van der Waals surface area (Å²) in [6.07, 6.45) is 0.538. The SMILES string of the molecule is CC(=O)Nc1ccc(C)c(NC(=O)CC2CNC2)c1. The topological polar surface area (TPSA) is 70.2 Å². The molecular weight excluding hydrogens is 242 g/mol. The summed E-state index contributed by atoms with van der Waals surface area (Å²) in [6.45, 7) is 5.22. The molecule has 0 spiro atoms. The molecule has 2 rings (SSSR count). The van der Waals surface area contributed by atoms with Gasteiger partial charge in [0.25, 0.3) is 0 Å². The minimum absolute atomic E-state index is 0.0228. The van der Waals surface area contributed by atoms with Crippen molar-refractivity contribution in [1.29, 1.82) is 0 Å². The van der Waals surface area contributed by atoms with Crippen molar-refractivity contribution < 1.29 is 9.59 Å². The number of hydrogen-bond donors (Lipinski definition) is 3. The average Bonchev–Trinajstić information content (AvgIpc) is 2.27. The number of aryl methyl sites for hydroxylation is 1. The normalized spacial score (nSPS) is 14.6. The molecule has 1 saturated heterocycles. The van der Waals surface area contributed by atoms with E-state index in [1.54, 1.807) is 6.07 Å². The number of hydrogen-bond acceptors (Lipinski definition) is 3. The van der Waals surface area contributed by atoms with E-state index < -0.39 is 0 Å². The van der Waals surface area contributed by atoms with E-state index >= 15 is 0 Å². The summed E-state index contributed by atoms with van der Waals surface area (Å²) in [4.78, 5) is 22.9. The van der Waals surface area contributed by atoms with Gasteiger partial charge in [-0.15, -0.1) is 0 Å². The first-order valence-electron chi connectivity index (χ1n) is 6.43. The number of nitrogens with one attached hydrogen (secondary N) is 3. The van der Waals surface area contributed by atoms with Crippen molar-refractivity contribution in [2.45, 2.75) is 20.3 Å². The summed E-state index contributed by atoms with van der Waals surface area (Å²) in [5, 5.41) is 8.76. The summed E-state index contributed by atoms with van der Waals surface area (Å²) in [6, 6.07) is 5.49. The first-order chi connectivity index (χ1) is 9.04. The Hall–Kier alpha value is -1.88. The van der Waals surface area contributed by atoms with Crippen LogP contribution in [-0.4, -0.2) is 24.9 Å². The molecule has 0 saturated carbocycles. The fourth-order valence-electron chi connectivity index (χ4n) is 1.99. The molecule has 1 aromatic carbocycles. The highest BCUT2D eigenvalue weighted by Gasteiger charge is 2.20. The average molecular weight is 261 g/mol. The lowest BCUT2D eigenvalue weighted by atomic mass is 9.99. The predicted octanol–water partition coefficient (Wildman–Crippen LogP) is 1.50. The second-order valence-electron chi connectivity index (χ2n) is 4.99. The first-order valence-corrected chi connectivity index (χ1v) is 6.43. The van der Waals surface area contributed by atoms with Crippen LogP contribution >= 0.6 is 0 Å². The molecule has 102 valence electrons. The van der Waals surface area contributed by atoms with Crippen LogP contribution in [0.15, 0.2) is 18.2 Å². The van der Waals surface area contributed by atoms with Gasteiger partial charge in [0, 0.05) is 24.7 Å². The van der Waals surface area contributed by atoms with E-state index in [0.717, 1.165) is 24.3 Å². The maximum Gasteiger partial charge on any atom is 0.224 e. The van der Waals surface area contributed by atoms with Gasteiger partial charge in [0.15, 0.2) is 0 Å². The molecule has 5 heteroatoms. The Balaban J connectivity index is 2.01. The van der Waals surface area contributed by atoms with E-state index in [0.29, 0.717) is 18.0 Å². The van der Waals surface area contributed by atoms with Gasteiger partial charge in [0.1, 0.15) is 0 Å². The Morgan fingerprint density at radius 2 is 2.05 bits per heavy atom. The summed E-state index contributed by atoms with van der Waals surface area (Å²) in [5.41, 5.74) is 2.43. The summed E-state index contributed by atoms with van der Waals surface area (Å²) in [7, 11) is 0. The molecule has 0 aromatic heterocycles. The third-order valence-corrected chi connectivity index (χ3v) is 3.17. The van der Waals surface area contributed by atoms with Gasteiger partial charge in [-0.3, -0.25) is 9.59 Å². The van der Waals surface area contributed by atoms with Gasteiger partial charge in [0.05, 0.1) is 0 Å². The molecule has 0 radical (unpaired) electrons. The van der Waals surface area contributed by atoms with Crippen molar-refractivity contribution in [2.75, 3.05) is 23.7 Å². The summed E-state index contributed by atoms with van der Waals surface area (Å²) < 4.78 is 0. The lowest BCUT2D eigenvalue weighted by Crippen LogP contribution is -2.43. The van der Waals surface area contributed by atoms with Crippen molar-refractivity contribution in [2.24, 2.45) is 5.92 Å². The molecule has 1 fully saturated rings. The molecule has 0 unspecified atom stereocenters. The van der Waals surface area contributed by atoms with Gasteiger partial charge in [-0.1, -0.05) is 6.07 Å². The monoisotopic (exact) mass is 261 g/mol. The maximum absolute atomic E-state index is 11.9. The quantitative estimate of drug-likeness (QED) is 0.769. The third-order valence-electron chi connectivity index (χ3n) is 3.17. The molecular formula is C14H19N3O2. The molecule has 5 nitrogen and oxygen atoms in total. The molecule has 2 amide bonds. The van der Waals surface area contributed by atoms with Gasteiger partial charge >= 0.3 is 0 Å². The second-order valence-corrected chi connectivity index (χ2v) is 4.99. The molecule has 1 heterocycles. The van der Waals surface area contributed by atoms with Crippen LogP contribution in [0.5, 0.6) is 0 Å². The lowest BCUT2D eigenvalue weighted by molar-refractivity contribution is -0.117. The molecule has 1 aliphatic heterocycles. The Labute approximate surface area is 112 Å². The Morgan fingerprint density at radius 1 is 1.32 bits per heavy atom. The first kappa shape index (κ1) is 13.5. The van der Waals surface area contributed by atoms with E-state index in [4.69, 9.17) is 0 Å². The predicted molar refractivity (Wildman–Crippen MR) is 75.1 cm³/mol. The molecule has 19 heavy (non-hydrogen) atoms. The highest BCUT2D eigenvalue weighted by Crippen LogP contribution is 2.21. The minimum Gasteiger partial charge on any atom is -0.326 e. The summed E-state index contributed by atoms with van der Waals surface area (Å²) >= 11 is 0.